The Bertz CT molecular complexity index is 2130. The molecule has 216 valence electrons. The first-order valence-corrected chi connectivity index (χ1v) is 16.5. The van der Waals surface area contributed by atoms with Gasteiger partial charge in [-0.2, -0.15) is 0 Å². The molecule has 3 aliphatic carbocycles. The highest BCUT2D eigenvalue weighted by molar-refractivity contribution is 5.96. The summed E-state index contributed by atoms with van der Waals surface area (Å²) in [6, 6.07) is 52.9. The second-order valence-corrected chi connectivity index (χ2v) is 13.9. The standard InChI is InChI=1S/C44H35N/c1-28-24-25-43(2)42(28)36-27-30(21-23-41(36)45(43)31-12-4-3-5-13-31)29-20-22-40-35(26-29)34-16-8-11-19-39(34)44(40)37-17-9-6-14-32(37)33-15-7-10-18-38(33)44/h3-23,26-28,42H,24-25H2,1-2H3. The summed E-state index contributed by atoms with van der Waals surface area (Å²) < 4.78 is 0. The number of benzene rings is 6. The number of hydrogen-bond donors (Lipinski definition) is 0. The summed E-state index contributed by atoms with van der Waals surface area (Å²) >= 11 is 0. The zero-order chi connectivity index (χ0) is 29.9. The second kappa shape index (κ2) is 8.86. The average molecular weight is 578 g/mol. The molecule has 1 heteroatoms. The van der Waals surface area contributed by atoms with Gasteiger partial charge in [0.25, 0.3) is 0 Å². The molecule has 0 aromatic heterocycles. The topological polar surface area (TPSA) is 3.24 Å². The highest BCUT2D eigenvalue weighted by Gasteiger charge is 2.55. The maximum atomic E-state index is 2.65. The van der Waals surface area contributed by atoms with Crippen LogP contribution in [0, 0.1) is 5.92 Å². The van der Waals surface area contributed by atoms with Crippen molar-refractivity contribution in [2.45, 2.75) is 43.6 Å². The lowest BCUT2D eigenvalue weighted by Gasteiger charge is -2.38. The fraction of sp³-hybridized carbons (Fsp3) is 0.182. The lowest BCUT2D eigenvalue weighted by Crippen LogP contribution is -2.40. The van der Waals surface area contributed by atoms with E-state index in [-0.39, 0.29) is 11.0 Å². The number of anilines is 2. The van der Waals surface area contributed by atoms with Crippen LogP contribution in [0.2, 0.25) is 0 Å². The Morgan fingerprint density at radius 1 is 0.556 bits per heavy atom. The minimum atomic E-state index is -0.285. The molecule has 10 rings (SSSR count). The molecular weight excluding hydrogens is 542 g/mol. The van der Waals surface area contributed by atoms with Gasteiger partial charge in [0.05, 0.1) is 5.41 Å². The van der Waals surface area contributed by atoms with Gasteiger partial charge in [-0.1, -0.05) is 116 Å². The van der Waals surface area contributed by atoms with Crippen molar-refractivity contribution >= 4 is 11.4 Å². The lowest BCUT2D eigenvalue weighted by molar-refractivity contribution is 0.414. The monoisotopic (exact) mass is 577 g/mol. The molecule has 1 nitrogen and oxygen atoms in total. The smallest absolute Gasteiger partial charge is 0.0725 e. The van der Waals surface area contributed by atoms with Gasteiger partial charge >= 0.3 is 0 Å². The predicted molar refractivity (Wildman–Crippen MR) is 186 cm³/mol. The fourth-order valence-electron chi connectivity index (χ4n) is 10.1. The van der Waals surface area contributed by atoms with E-state index in [1.54, 1.807) is 0 Å². The molecule has 45 heavy (non-hydrogen) atoms. The number of fused-ring (bicyclic) bond motifs is 13. The minimum absolute atomic E-state index is 0.105. The van der Waals surface area contributed by atoms with E-state index in [1.807, 2.05) is 0 Å². The van der Waals surface area contributed by atoms with Crippen molar-refractivity contribution in [1.82, 2.24) is 0 Å². The van der Waals surface area contributed by atoms with Crippen LogP contribution >= 0.6 is 0 Å². The zero-order valence-corrected chi connectivity index (χ0v) is 25.8. The van der Waals surface area contributed by atoms with E-state index in [4.69, 9.17) is 0 Å². The Kier molecular flexibility index (Phi) is 5.01. The van der Waals surface area contributed by atoms with Crippen LogP contribution in [0.5, 0.6) is 0 Å². The Morgan fingerprint density at radius 2 is 1.09 bits per heavy atom. The first-order valence-electron chi connectivity index (χ1n) is 16.5. The van der Waals surface area contributed by atoms with Crippen LogP contribution in [0.3, 0.4) is 0 Å². The third kappa shape index (κ3) is 3.09. The SMILES string of the molecule is CC1CCC2(C)C1c1cc(-c3ccc4c(c3)-c3ccccc3C43c4ccccc4-c4ccccc43)ccc1N2c1ccccc1. The molecule has 1 spiro atoms. The summed E-state index contributed by atoms with van der Waals surface area (Å²) in [4.78, 5) is 2.65. The molecule has 3 atom stereocenters. The van der Waals surface area contributed by atoms with Gasteiger partial charge in [-0.15, -0.1) is 0 Å². The highest BCUT2D eigenvalue weighted by atomic mass is 15.2. The van der Waals surface area contributed by atoms with Gasteiger partial charge in [0.2, 0.25) is 0 Å². The highest BCUT2D eigenvalue weighted by Crippen LogP contribution is 2.64. The van der Waals surface area contributed by atoms with E-state index in [0.29, 0.717) is 11.8 Å². The van der Waals surface area contributed by atoms with Crippen molar-refractivity contribution in [3.05, 3.63) is 167 Å². The van der Waals surface area contributed by atoms with E-state index in [9.17, 15) is 0 Å². The van der Waals surface area contributed by atoms with Gasteiger partial charge < -0.3 is 4.90 Å². The van der Waals surface area contributed by atoms with Crippen molar-refractivity contribution in [2.75, 3.05) is 4.90 Å². The van der Waals surface area contributed by atoms with E-state index < -0.39 is 0 Å². The van der Waals surface area contributed by atoms with Crippen LogP contribution in [-0.2, 0) is 5.41 Å². The van der Waals surface area contributed by atoms with E-state index in [2.05, 4.69) is 158 Å². The molecule has 0 bridgehead atoms. The van der Waals surface area contributed by atoms with Crippen LogP contribution in [0.4, 0.5) is 11.4 Å². The lowest BCUT2D eigenvalue weighted by atomic mass is 9.70. The number of hydrogen-bond acceptors (Lipinski definition) is 1. The molecule has 0 N–H and O–H groups in total. The summed E-state index contributed by atoms with van der Waals surface area (Å²) in [6.07, 6.45) is 2.49. The second-order valence-electron chi connectivity index (χ2n) is 13.9. The Labute approximate surface area is 265 Å². The summed E-state index contributed by atoms with van der Waals surface area (Å²) in [5.74, 6) is 1.18. The molecule has 0 saturated heterocycles. The largest absolute Gasteiger partial charge is 0.335 e. The van der Waals surface area contributed by atoms with Crippen LogP contribution in [0.25, 0.3) is 33.4 Å². The average Bonchev–Trinajstić information content (AvgIpc) is 3.75. The molecule has 1 fully saturated rings. The van der Waals surface area contributed by atoms with Crippen molar-refractivity contribution < 1.29 is 0 Å². The van der Waals surface area contributed by atoms with Gasteiger partial charge in [0, 0.05) is 22.8 Å². The molecule has 4 aliphatic rings. The predicted octanol–water partition coefficient (Wildman–Crippen LogP) is 11.1. The van der Waals surface area contributed by atoms with Crippen LogP contribution in [0.1, 0.15) is 60.4 Å². The molecule has 0 amide bonds. The van der Waals surface area contributed by atoms with Crippen molar-refractivity contribution in [1.29, 1.82) is 0 Å². The molecular formula is C44H35N. The maximum Gasteiger partial charge on any atom is 0.0725 e. The Morgan fingerprint density at radius 3 is 1.76 bits per heavy atom. The van der Waals surface area contributed by atoms with Gasteiger partial charge in [-0.05, 0) is 117 Å². The summed E-state index contributed by atoms with van der Waals surface area (Å²) in [7, 11) is 0. The van der Waals surface area contributed by atoms with Gasteiger partial charge in [0.15, 0.2) is 0 Å². The number of nitrogens with zero attached hydrogens (tertiary/aromatic N) is 1. The van der Waals surface area contributed by atoms with E-state index in [1.165, 1.54) is 85.4 Å². The van der Waals surface area contributed by atoms with Crippen molar-refractivity contribution in [2.24, 2.45) is 5.92 Å². The quantitative estimate of drug-likeness (QED) is 0.197. The first-order chi connectivity index (χ1) is 22.1. The summed E-state index contributed by atoms with van der Waals surface area (Å²) in [5.41, 5.74) is 17.7. The minimum Gasteiger partial charge on any atom is -0.335 e. The molecule has 3 unspecified atom stereocenters. The van der Waals surface area contributed by atoms with Gasteiger partial charge in [-0.25, -0.2) is 0 Å². The van der Waals surface area contributed by atoms with Crippen LogP contribution in [-0.4, -0.2) is 5.54 Å². The molecule has 6 aromatic carbocycles. The molecule has 1 saturated carbocycles. The van der Waals surface area contributed by atoms with Gasteiger partial charge in [-0.3, -0.25) is 0 Å². The third-order valence-corrected chi connectivity index (χ3v) is 11.8. The Balaban J connectivity index is 1.17. The molecule has 6 aromatic rings. The normalized spacial score (nSPS) is 22.5. The Hall–Kier alpha value is -4.88. The van der Waals surface area contributed by atoms with Crippen LogP contribution < -0.4 is 4.90 Å². The molecule has 0 radical (unpaired) electrons. The van der Waals surface area contributed by atoms with E-state index in [0.717, 1.165) is 0 Å². The maximum absolute atomic E-state index is 2.65. The van der Waals surface area contributed by atoms with Crippen molar-refractivity contribution in [3.63, 3.8) is 0 Å². The first kappa shape index (κ1) is 25.4. The molecule has 1 aliphatic heterocycles. The van der Waals surface area contributed by atoms with E-state index >= 15 is 0 Å². The zero-order valence-electron chi connectivity index (χ0n) is 25.8. The van der Waals surface area contributed by atoms with Crippen LogP contribution in [0.15, 0.2) is 140 Å². The number of rotatable bonds is 2. The molecule has 1 heterocycles. The van der Waals surface area contributed by atoms with Gasteiger partial charge in [0.1, 0.15) is 0 Å². The van der Waals surface area contributed by atoms with Crippen molar-refractivity contribution in [3.8, 4) is 33.4 Å². The summed E-state index contributed by atoms with van der Waals surface area (Å²) in [6.45, 7) is 4.96. The number of para-hydroxylation sites is 1. The fourth-order valence-corrected chi connectivity index (χ4v) is 10.1. The third-order valence-electron chi connectivity index (χ3n) is 11.8. The summed E-state index contributed by atoms with van der Waals surface area (Å²) in [5, 5.41) is 0.